The van der Waals surface area contributed by atoms with Crippen molar-refractivity contribution in [3.63, 3.8) is 0 Å². The number of fused-ring (bicyclic) bond motifs is 1. The maximum Gasteiger partial charge on any atom is 0.237 e. The summed E-state index contributed by atoms with van der Waals surface area (Å²) in [7, 11) is 1.57. The van der Waals surface area contributed by atoms with Crippen LogP contribution in [0.5, 0.6) is 0 Å². The zero-order valence-electron chi connectivity index (χ0n) is 12.1. The fourth-order valence-electron chi connectivity index (χ4n) is 2.48. The van der Waals surface area contributed by atoms with Gasteiger partial charge in [0.25, 0.3) is 0 Å². The van der Waals surface area contributed by atoms with Crippen LogP contribution in [0.1, 0.15) is 0 Å². The normalized spacial score (nSPS) is 27.5. The molecule has 0 saturated carbocycles. The van der Waals surface area contributed by atoms with Crippen LogP contribution in [-0.2, 0) is 11.8 Å². The molecule has 23 heavy (non-hydrogen) atoms. The van der Waals surface area contributed by atoms with E-state index < -0.39 is 36.6 Å². The Hall–Kier alpha value is -2.34. The number of nitrogens with one attached hydrogen (secondary N) is 1. The Bertz CT molecular complexity index is 795. The van der Waals surface area contributed by atoms with Crippen molar-refractivity contribution in [3.05, 3.63) is 16.6 Å². The van der Waals surface area contributed by atoms with Gasteiger partial charge < -0.3 is 31.1 Å². The smallest absolute Gasteiger partial charge is 0.237 e. The van der Waals surface area contributed by atoms with Crippen LogP contribution in [0.15, 0.2) is 11.1 Å². The molecule has 11 nitrogen and oxygen atoms in total. The molecule has 1 saturated heterocycles. The number of nitrogen functional groups attached to an aromatic ring is 1. The van der Waals surface area contributed by atoms with Gasteiger partial charge in [-0.1, -0.05) is 0 Å². The molecule has 1 aliphatic heterocycles. The third kappa shape index (κ3) is 2.49. The molecule has 2 aromatic rings. The number of hydrogen-bond donors (Lipinski definition) is 5. The lowest BCUT2D eigenvalue weighted by atomic mass is 10.1. The second-order valence-electron chi connectivity index (χ2n) is 5.16. The number of aliphatic hydroxyl groups excluding tert-OH is 3. The molecule has 6 N–H and O–H groups in total. The van der Waals surface area contributed by atoms with Crippen LogP contribution >= 0.6 is 0 Å². The molecule has 0 aliphatic carbocycles. The Morgan fingerprint density at radius 2 is 2.13 bits per heavy atom. The van der Waals surface area contributed by atoms with Gasteiger partial charge in [0.2, 0.25) is 5.43 Å². The van der Waals surface area contributed by atoms with Gasteiger partial charge in [-0.15, -0.1) is 5.10 Å². The Labute approximate surface area is 129 Å². The first kappa shape index (κ1) is 15.6. The van der Waals surface area contributed by atoms with Gasteiger partial charge in [0.1, 0.15) is 35.8 Å². The van der Waals surface area contributed by atoms with Gasteiger partial charge in [-0.05, 0) is 0 Å². The van der Waals surface area contributed by atoms with E-state index in [2.05, 4.69) is 20.4 Å². The quantitative estimate of drug-likeness (QED) is 0.396. The van der Waals surface area contributed by atoms with Crippen LogP contribution < -0.4 is 16.5 Å². The maximum atomic E-state index is 12.2. The van der Waals surface area contributed by atoms with Gasteiger partial charge >= 0.3 is 0 Å². The van der Waals surface area contributed by atoms with Gasteiger partial charge in [-0.25, -0.2) is 14.6 Å². The van der Waals surface area contributed by atoms with Gasteiger partial charge in [0.15, 0.2) is 17.7 Å². The molecule has 3 rings (SSSR count). The van der Waals surface area contributed by atoms with Crippen LogP contribution in [0.2, 0.25) is 0 Å². The standard InChI is InChI=1S/C12H16N6O5/c1-18-11-5(7(21)9(13)17-18)10(14-3-15-11)16-12-8(22)6(20)4(2-19)23-12/h3-4,6,8,12,19-20,22H,2H2,1H3,(H2,13,17)(H,14,15,16)/t4-,6-,8+,12-/m1/s1. The minimum absolute atomic E-state index is 0.0829. The van der Waals surface area contributed by atoms with Crippen molar-refractivity contribution in [3.8, 4) is 0 Å². The lowest BCUT2D eigenvalue weighted by Crippen LogP contribution is -2.37. The van der Waals surface area contributed by atoms with Crippen LogP contribution in [0.25, 0.3) is 11.0 Å². The number of aliphatic hydroxyl groups is 3. The van der Waals surface area contributed by atoms with E-state index in [0.717, 1.165) is 0 Å². The number of aromatic nitrogens is 4. The van der Waals surface area contributed by atoms with Crippen LogP contribution in [0.4, 0.5) is 11.6 Å². The second kappa shape index (κ2) is 5.70. The second-order valence-corrected chi connectivity index (χ2v) is 5.16. The van der Waals surface area contributed by atoms with Gasteiger partial charge in [0, 0.05) is 7.05 Å². The molecule has 2 aromatic heterocycles. The first-order valence-electron chi connectivity index (χ1n) is 6.80. The molecular weight excluding hydrogens is 308 g/mol. The van der Waals surface area contributed by atoms with E-state index >= 15 is 0 Å². The summed E-state index contributed by atoms with van der Waals surface area (Å²) >= 11 is 0. The SMILES string of the molecule is Cn1nc(N)c(=O)c2c(N[C@@H]3O[C@H](CO)[C@@H](O)[C@@H]3O)ncnc21. The Kier molecular flexibility index (Phi) is 3.85. The number of ether oxygens (including phenoxy) is 1. The molecule has 0 aromatic carbocycles. The molecule has 11 heteroatoms. The highest BCUT2D eigenvalue weighted by Gasteiger charge is 2.42. The van der Waals surface area contributed by atoms with Crippen molar-refractivity contribution in [2.45, 2.75) is 24.5 Å². The highest BCUT2D eigenvalue weighted by atomic mass is 16.6. The van der Waals surface area contributed by atoms with E-state index in [-0.39, 0.29) is 22.7 Å². The Morgan fingerprint density at radius 3 is 2.78 bits per heavy atom. The number of aryl methyl sites for hydroxylation is 1. The lowest BCUT2D eigenvalue weighted by molar-refractivity contribution is -0.0153. The summed E-state index contributed by atoms with van der Waals surface area (Å²) in [6.45, 7) is -0.459. The molecule has 0 bridgehead atoms. The summed E-state index contributed by atoms with van der Waals surface area (Å²) in [5.41, 5.74) is 5.26. The van der Waals surface area contributed by atoms with Crippen molar-refractivity contribution in [1.29, 1.82) is 0 Å². The molecular formula is C12H16N6O5. The average Bonchev–Trinajstić information content (AvgIpc) is 2.80. The van der Waals surface area contributed by atoms with Crippen molar-refractivity contribution < 1.29 is 20.1 Å². The van der Waals surface area contributed by atoms with E-state index in [1.54, 1.807) is 7.05 Å². The average molecular weight is 324 g/mol. The molecule has 0 spiro atoms. The summed E-state index contributed by atoms with van der Waals surface area (Å²) in [4.78, 5) is 20.2. The third-order valence-corrected chi connectivity index (χ3v) is 3.67. The van der Waals surface area contributed by atoms with Crippen molar-refractivity contribution in [2.75, 3.05) is 17.7 Å². The van der Waals surface area contributed by atoms with Crippen LogP contribution in [-0.4, -0.2) is 66.2 Å². The first-order valence-corrected chi connectivity index (χ1v) is 6.80. The third-order valence-electron chi connectivity index (χ3n) is 3.67. The van der Waals surface area contributed by atoms with E-state index in [1.165, 1.54) is 11.0 Å². The monoisotopic (exact) mass is 324 g/mol. The molecule has 1 aliphatic rings. The van der Waals surface area contributed by atoms with E-state index in [1.807, 2.05) is 0 Å². The summed E-state index contributed by atoms with van der Waals surface area (Å²) < 4.78 is 6.64. The molecule has 124 valence electrons. The topological polar surface area (TPSA) is 169 Å². The molecule has 4 atom stereocenters. The number of hydrogen-bond acceptors (Lipinski definition) is 10. The molecule has 0 radical (unpaired) electrons. The van der Waals surface area contributed by atoms with Crippen molar-refractivity contribution >= 4 is 22.7 Å². The van der Waals surface area contributed by atoms with Crippen molar-refractivity contribution in [2.24, 2.45) is 7.05 Å². The summed E-state index contributed by atoms with van der Waals surface area (Å²) in [6.07, 6.45) is -3.35. The molecule has 1 fully saturated rings. The fourth-order valence-corrected chi connectivity index (χ4v) is 2.48. The van der Waals surface area contributed by atoms with Gasteiger partial charge in [0.05, 0.1) is 6.61 Å². The lowest BCUT2D eigenvalue weighted by Gasteiger charge is -2.18. The molecule has 0 unspecified atom stereocenters. The Balaban J connectivity index is 2.03. The fraction of sp³-hybridized carbons (Fsp3) is 0.500. The number of nitrogens with zero attached hydrogens (tertiary/aromatic N) is 4. The van der Waals surface area contributed by atoms with Crippen molar-refractivity contribution in [1.82, 2.24) is 19.7 Å². The molecule has 3 heterocycles. The van der Waals surface area contributed by atoms with Gasteiger partial charge in [-0.3, -0.25) is 4.79 Å². The zero-order valence-corrected chi connectivity index (χ0v) is 12.1. The number of anilines is 2. The van der Waals surface area contributed by atoms with Gasteiger partial charge in [-0.2, -0.15) is 0 Å². The Morgan fingerprint density at radius 1 is 1.39 bits per heavy atom. The predicted molar refractivity (Wildman–Crippen MR) is 78.4 cm³/mol. The largest absolute Gasteiger partial charge is 0.394 e. The maximum absolute atomic E-state index is 12.2. The van der Waals surface area contributed by atoms with E-state index in [0.29, 0.717) is 0 Å². The number of rotatable bonds is 3. The highest BCUT2D eigenvalue weighted by Crippen LogP contribution is 2.24. The first-order chi connectivity index (χ1) is 10.9. The predicted octanol–water partition coefficient (Wildman–Crippen LogP) is -2.84. The summed E-state index contributed by atoms with van der Waals surface area (Å²) in [5, 5.41) is 35.5. The van der Waals surface area contributed by atoms with Crippen LogP contribution in [0, 0.1) is 0 Å². The summed E-state index contributed by atoms with van der Waals surface area (Å²) in [5.74, 6) is -0.140. The highest BCUT2D eigenvalue weighted by molar-refractivity contribution is 5.87. The van der Waals surface area contributed by atoms with E-state index in [9.17, 15) is 15.0 Å². The minimum Gasteiger partial charge on any atom is -0.394 e. The summed E-state index contributed by atoms with van der Waals surface area (Å²) in [6, 6.07) is 0. The minimum atomic E-state index is -1.31. The zero-order chi connectivity index (χ0) is 16.7. The van der Waals surface area contributed by atoms with E-state index in [4.69, 9.17) is 15.6 Å². The number of nitrogens with two attached hydrogens (primary N) is 1. The van der Waals surface area contributed by atoms with Crippen LogP contribution in [0.3, 0.4) is 0 Å². The molecule has 0 amide bonds.